The second kappa shape index (κ2) is 4.85. The molecule has 1 heterocycles. The summed E-state index contributed by atoms with van der Waals surface area (Å²) in [5.74, 6) is 0. The van der Waals surface area contributed by atoms with Gasteiger partial charge < -0.3 is 10.5 Å². The van der Waals surface area contributed by atoms with Crippen LogP contribution < -0.4 is 5.73 Å². The average Bonchev–Trinajstić information content (AvgIpc) is 2.72. The molecule has 1 aliphatic rings. The fourth-order valence-electron chi connectivity index (χ4n) is 2.16. The van der Waals surface area contributed by atoms with Crippen LogP contribution in [0.25, 0.3) is 0 Å². The number of hydrogen-bond acceptors (Lipinski definition) is 3. The molecule has 0 saturated heterocycles. The van der Waals surface area contributed by atoms with Gasteiger partial charge in [0.15, 0.2) is 0 Å². The number of hydrogen-bond donors (Lipinski definition) is 1. The molecule has 0 aromatic carbocycles. The van der Waals surface area contributed by atoms with Gasteiger partial charge in [-0.25, -0.2) is 0 Å². The molecule has 0 aliphatic heterocycles. The molecule has 1 aromatic rings. The molecule has 0 spiro atoms. The molecule has 4 nitrogen and oxygen atoms in total. The van der Waals surface area contributed by atoms with E-state index in [-0.39, 0.29) is 0 Å². The molecule has 2 N–H and O–H groups in total. The summed E-state index contributed by atoms with van der Waals surface area (Å²) in [6.45, 7) is 2.59. The summed E-state index contributed by atoms with van der Waals surface area (Å²) in [7, 11) is 1.94. The minimum Gasteiger partial charge on any atom is -0.372 e. The van der Waals surface area contributed by atoms with Gasteiger partial charge in [-0.05, 0) is 42.1 Å². The zero-order chi connectivity index (χ0) is 11.7. The first kappa shape index (κ1) is 12.1. The third-order valence-electron chi connectivity index (χ3n) is 3.14. The van der Waals surface area contributed by atoms with Crippen LogP contribution in [0.3, 0.4) is 0 Å². The summed E-state index contributed by atoms with van der Waals surface area (Å²) < 4.78 is 8.79. The smallest absolute Gasteiger partial charge is 0.0900 e. The minimum atomic E-state index is 0.317. The number of nitrogens with zero attached hydrogens (tertiary/aromatic N) is 2. The van der Waals surface area contributed by atoms with Crippen LogP contribution in [0.1, 0.15) is 30.7 Å². The minimum absolute atomic E-state index is 0.317. The van der Waals surface area contributed by atoms with Gasteiger partial charge in [-0.2, -0.15) is 5.10 Å². The summed E-state index contributed by atoms with van der Waals surface area (Å²) in [5.41, 5.74) is 7.95. The first-order chi connectivity index (χ1) is 7.58. The van der Waals surface area contributed by atoms with Crippen LogP contribution in [0, 0.1) is 6.92 Å². The summed E-state index contributed by atoms with van der Waals surface area (Å²) in [6.07, 6.45) is 3.46. The monoisotopic (exact) mass is 287 g/mol. The van der Waals surface area contributed by atoms with Crippen LogP contribution in [0.2, 0.25) is 0 Å². The largest absolute Gasteiger partial charge is 0.372 e. The predicted octanol–water partition coefficient (Wildman–Crippen LogP) is 1.89. The van der Waals surface area contributed by atoms with Crippen LogP contribution in [0.15, 0.2) is 4.47 Å². The van der Waals surface area contributed by atoms with Gasteiger partial charge in [0.25, 0.3) is 0 Å². The van der Waals surface area contributed by atoms with Crippen molar-refractivity contribution in [2.45, 2.75) is 44.9 Å². The van der Waals surface area contributed by atoms with Crippen LogP contribution in [0.5, 0.6) is 0 Å². The van der Waals surface area contributed by atoms with Crippen molar-refractivity contribution in [2.75, 3.05) is 0 Å². The molecule has 1 saturated carbocycles. The van der Waals surface area contributed by atoms with E-state index in [2.05, 4.69) is 21.0 Å². The van der Waals surface area contributed by atoms with E-state index in [1.54, 1.807) is 0 Å². The maximum atomic E-state index is 5.86. The Bertz CT molecular complexity index is 378. The number of halogens is 1. The number of aryl methyl sites for hydroxylation is 2. The van der Waals surface area contributed by atoms with Crippen molar-refractivity contribution in [3.63, 3.8) is 0 Å². The van der Waals surface area contributed by atoms with Crippen molar-refractivity contribution < 1.29 is 4.74 Å². The normalized spacial score (nSPS) is 25.2. The van der Waals surface area contributed by atoms with Crippen LogP contribution in [-0.2, 0) is 18.4 Å². The van der Waals surface area contributed by atoms with Gasteiger partial charge in [0.2, 0.25) is 0 Å². The third kappa shape index (κ3) is 2.47. The lowest BCUT2D eigenvalue weighted by Crippen LogP contribution is -2.17. The highest BCUT2D eigenvalue weighted by Crippen LogP contribution is 2.25. The predicted molar refractivity (Wildman–Crippen MR) is 66.0 cm³/mol. The third-order valence-corrected chi connectivity index (χ3v) is 4.17. The Hall–Kier alpha value is -0.390. The molecule has 2 unspecified atom stereocenters. The van der Waals surface area contributed by atoms with Gasteiger partial charge in [-0.1, -0.05) is 0 Å². The molecular formula is C11H18BrN3O. The molecule has 0 amide bonds. The van der Waals surface area contributed by atoms with E-state index >= 15 is 0 Å². The summed E-state index contributed by atoms with van der Waals surface area (Å²) in [4.78, 5) is 0. The van der Waals surface area contributed by atoms with Crippen molar-refractivity contribution in [3.8, 4) is 0 Å². The summed E-state index contributed by atoms with van der Waals surface area (Å²) >= 11 is 3.53. The molecule has 2 atom stereocenters. The first-order valence-electron chi connectivity index (χ1n) is 5.63. The quantitative estimate of drug-likeness (QED) is 0.924. The van der Waals surface area contributed by atoms with Gasteiger partial charge >= 0.3 is 0 Å². The highest BCUT2D eigenvalue weighted by molar-refractivity contribution is 9.10. The number of nitrogens with two attached hydrogens (primary N) is 1. The average molecular weight is 288 g/mol. The van der Waals surface area contributed by atoms with Crippen molar-refractivity contribution in [1.82, 2.24) is 9.78 Å². The highest BCUT2D eigenvalue weighted by Gasteiger charge is 2.23. The van der Waals surface area contributed by atoms with Crippen molar-refractivity contribution in [3.05, 3.63) is 15.9 Å². The number of ether oxygens (including phenoxy) is 1. The molecule has 1 aliphatic carbocycles. The molecule has 0 bridgehead atoms. The maximum Gasteiger partial charge on any atom is 0.0900 e. The SMILES string of the molecule is Cc1nn(C)c(COC2CCC(N)C2)c1Br. The van der Waals surface area contributed by atoms with E-state index < -0.39 is 0 Å². The second-order valence-corrected chi connectivity index (χ2v) is 5.27. The van der Waals surface area contributed by atoms with Crippen molar-refractivity contribution >= 4 is 15.9 Å². The fraction of sp³-hybridized carbons (Fsp3) is 0.727. The molecule has 90 valence electrons. The first-order valence-corrected chi connectivity index (χ1v) is 6.42. The Kier molecular flexibility index (Phi) is 3.66. The standard InChI is InChI=1S/C11H18BrN3O/c1-7-11(12)10(15(2)14-7)6-16-9-4-3-8(13)5-9/h8-9H,3-6,13H2,1-2H3. The highest BCUT2D eigenvalue weighted by atomic mass is 79.9. The molecule has 1 fully saturated rings. The molecule has 0 radical (unpaired) electrons. The Balaban J connectivity index is 1.94. The van der Waals surface area contributed by atoms with Gasteiger partial charge in [0.1, 0.15) is 0 Å². The topological polar surface area (TPSA) is 53.1 Å². The molecule has 2 rings (SSSR count). The van der Waals surface area contributed by atoms with Gasteiger partial charge in [-0.15, -0.1) is 0 Å². The Labute approximate surface area is 104 Å². The summed E-state index contributed by atoms with van der Waals surface area (Å²) in [5, 5.41) is 4.34. The van der Waals surface area contributed by atoms with E-state index in [4.69, 9.17) is 10.5 Å². The Morgan fingerprint density at radius 3 is 2.81 bits per heavy atom. The lowest BCUT2D eigenvalue weighted by Gasteiger charge is -2.11. The Morgan fingerprint density at radius 1 is 1.56 bits per heavy atom. The van der Waals surface area contributed by atoms with Crippen LogP contribution >= 0.6 is 15.9 Å². The van der Waals surface area contributed by atoms with Crippen LogP contribution in [-0.4, -0.2) is 21.9 Å². The van der Waals surface area contributed by atoms with E-state index in [1.807, 2.05) is 18.7 Å². The lowest BCUT2D eigenvalue weighted by atomic mass is 10.3. The van der Waals surface area contributed by atoms with Gasteiger partial charge in [-0.3, -0.25) is 4.68 Å². The van der Waals surface area contributed by atoms with Crippen molar-refractivity contribution in [2.24, 2.45) is 12.8 Å². The molecular weight excluding hydrogens is 270 g/mol. The Morgan fingerprint density at radius 2 is 2.31 bits per heavy atom. The van der Waals surface area contributed by atoms with Gasteiger partial charge in [0.05, 0.1) is 28.6 Å². The fourth-order valence-corrected chi connectivity index (χ4v) is 2.61. The van der Waals surface area contributed by atoms with E-state index in [0.717, 1.165) is 35.1 Å². The van der Waals surface area contributed by atoms with E-state index in [9.17, 15) is 0 Å². The summed E-state index contributed by atoms with van der Waals surface area (Å²) in [6, 6.07) is 0.321. The van der Waals surface area contributed by atoms with E-state index in [0.29, 0.717) is 18.8 Å². The lowest BCUT2D eigenvalue weighted by molar-refractivity contribution is 0.0409. The molecule has 5 heteroatoms. The van der Waals surface area contributed by atoms with E-state index in [1.165, 1.54) is 0 Å². The molecule has 16 heavy (non-hydrogen) atoms. The van der Waals surface area contributed by atoms with Gasteiger partial charge in [0, 0.05) is 13.1 Å². The zero-order valence-electron chi connectivity index (χ0n) is 9.74. The van der Waals surface area contributed by atoms with Crippen LogP contribution in [0.4, 0.5) is 0 Å². The maximum absolute atomic E-state index is 5.86. The zero-order valence-corrected chi connectivity index (χ0v) is 11.3. The van der Waals surface area contributed by atoms with Crippen molar-refractivity contribution in [1.29, 1.82) is 0 Å². The number of aromatic nitrogens is 2. The molecule has 1 aromatic heterocycles. The number of rotatable bonds is 3. The second-order valence-electron chi connectivity index (χ2n) is 4.48.